The van der Waals surface area contributed by atoms with Gasteiger partial charge in [0.1, 0.15) is 5.75 Å². The SMILES string of the molecule is COc1ccc(C(=O)NCCc2cccs2)cc1N. The van der Waals surface area contributed by atoms with Crippen molar-refractivity contribution in [3.63, 3.8) is 0 Å². The van der Waals surface area contributed by atoms with Crippen LogP contribution in [0.2, 0.25) is 0 Å². The fraction of sp³-hybridized carbons (Fsp3) is 0.214. The van der Waals surface area contributed by atoms with Gasteiger partial charge in [0, 0.05) is 17.0 Å². The first-order valence-corrected chi connectivity index (χ1v) is 6.83. The summed E-state index contributed by atoms with van der Waals surface area (Å²) < 4.78 is 5.05. The molecule has 0 fully saturated rings. The van der Waals surface area contributed by atoms with E-state index in [0.29, 0.717) is 23.5 Å². The van der Waals surface area contributed by atoms with Crippen LogP contribution in [0.15, 0.2) is 35.7 Å². The third-order valence-corrected chi connectivity index (χ3v) is 3.67. The Morgan fingerprint density at radius 1 is 1.42 bits per heavy atom. The van der Waals surface area contributed by atoms with Crippen molar-refractivity contribution in [1.82, 2.24) is 5.32 Å². The van der Waals surface area contributed by atoms with E-state index in [4.69, 9.17) is 10.5 Å². The van der Waals surface area contributed by atoms with E-state index in [2.05, 4.69) is 11.4 Å². The molecule has 0 aliphatic rings. The maximum absolute atomic E-state index is 11.9. The molecule has 0 atom stereocenters. The Morgan fingerprint density at radius 2 is 2.26 bits per heavy atom. The van der Waals surface area contributed by atoms with Crippen LogP contribution in [0.1, 0.15) is 15.2 Å². The van der Waals surface area contributed by atoms with Gasteiger partial charge in [-0.1, -0.05) is 6.07 Å². The lowest BCUT2D eigenvalue weighted by Gasteiger charge is -2.08. The van der Waals surface area contributed by atoms with Gasteiger partial charge >= 0.3 is 0 Å². The molecular formula is C14H16N2O2S. The molecule has 5 heteroatoms. The first kappa shape index (κ1) is 13.4. The van der Waals surface area contributed by atoms with Crippen LogP contribution in [0, 0.1) is 0 Å². The van der Waals surface area contributed by atoms with Crippen molar-refractivity contribution in [3.8, 4) is 5.75 Å². The lowest BCUT2D eigenvalue weighted by atomic mass is 10.1. The smallest absolute Gasteiger partial charge is 0.251 e. The van der Waals surface area contributed by atoms with Crippen LogP contribution in [-0.2, 0) is 6.42 Å². The maximum Gasteiger partial charge on any atom is 0.251 e. The number of thiophene rings is 1. The number of nitrogens with one attached hydrogen (secondary N) is 1. The molecule has 19 heavy (non-hydrogen) atoms. The lowest BCUT2D eigenvalue weighted by Crippen LogP contribution is -2.25. The van der Waals surface area contributed by atoms with Crippen molar-refractivity contribution in [2.24, 2.45) is 0 Å². The maximum atomic E-state index is 11.9. The molecule has 1 amide bonds. The summed E-state index contributed by atoms with van der Waals surface area (Å²) in [6.07, 6.45) is 0.842. The van der Waals surface area contributed by atoms with Gasteiger partial charge in [0.2, 0.25) is 0 Å². The van der Waals surface area contributed by atoms with E-state index in [1.165, 1.54) is 4.88 Å². The molecular weight excluding hydrogens is 260 g/mol. The van der Waals surface area contributed by atoms with Crippen LogP contribution in [0.25, 0.3) is 0 Å². The first-order valence-electron chi connectivity index (χ1n) is 5.95. The van der Waals surface area contributed by atoms with Gasteiger partial charge in [-0.2, -0.15) is 0 Å². The van der Waals surface area contributed by atoms with Gasteiger partial charge in [-0.15, -0.1) is 11.3 Å². The number of anilines is 1. The number of carbonyl (C=O) groups excluding carboxylic acids is 1. The summed E-state index contributed by atoms with van der Waals surface area (Å²) in [7, 11) is 1.55. The molecule has 1 heterocycles. The van der Waals surface area contributed by atoms with Crippen LogP contribution in [0.5, 0.6) is 5.75 Å². The van der Waals surface area contributed by atoms with E-state index in [9.17, 15) is 4.79 Å². The predicted molar refractivity (Wildman–Crippen MR) is 77.8 cm³/mol. The van der Waals surface area contributed by atoms with Crippen LogP contribution < -0.4 is 15.8 Å². The average Bonchev–Trinajstić information content (AvgIpc) is 2.91. The lowest BCUT2D eigenvalue weighted by molar-refractivity contribution is 0.0954. The van der Waals surface area contributed by atoms with Gasteiger partial charge in [-0.25, -0.2) is 0 Å². The molecule has 0 bridgehead atoms. The molecule has 0 spiro atoms. The fourth-order valence-corrected chi connectivity index (χ4v) is 2.44. The molecule has 0 radical (unpaired) electrons. The Labute approximate surface area is 116 Å². The minimum Gasteiger partial charge on any atom is -0.495 e. The van der Waals surface area contributed by atoms with Gasteiger partial charge < -0.3 is 15.8 Å². The summed E-state index contributed by atoms with van der Waals surface area (Å²) in [6.45, 7) is 0.616. The minimum absolute atomic E-state index is 0.120. The number of rotatable bonds is 5. The van der Waals surface area contributed by atoms with Crippen molar-refractivity contribution in [3.05, 3.63) is 46.2 Å². The second-order valence-electron chi connectivity index (χ2n) is 4.04. The molecule has 2 aromatic rings. The van der Waals surface area contributed by atoms with Crippen LogP contribution >= 0.6 is 11.3 Å². The second kappa shape index (κ2) is 6.24. The van der Waals surface area contributed by atoms with Gasteiger partial charge in [-0.05, 0) is 36.1 Å². The Morgan fingerprint density at radius 3 is 2.89 bits per heavy atom. The van der Waals surface area contributed by atoms with Crippen LogP contribution in [-0.4, -0.2) is 19.6 Å². The van der Waals surface area contributed by atoms with Gasteiger partial charge in [-0.3, -0.25) is 4.79 Å². The second-order valence-corrected chi connectivity index (χ2v) is 5.07. The van der Waals surface area contributed by atoms with Crippen molar-refractivity contribution in [2.75, 3.05) is 19.4 Å². The Bertz CT molecular complexity index is 553. The third-order valence-electron chi connectivity index (χ3n) is 2.73. The first-order chi connectivity index (χ1) is 9.20. The topological polar surface area (TPSA) is 64.3 Å². The van der Waals surface area contributed by atoms with Gasteiger partial charge in [0.15, 0.2) is 0 Å². The van der Waals surface area contributed by atoms with Crippen molar-refractivity contribution >= 4 is 22.9 Å². The molecule has 3 N–H and O–H groups in total. The molecule has 0 saturated carbocycles. The molecule has 1 aromatic carbocycles. The fourth-order valence-electron chi connectivity index (χ4n) is 1.73. The number of methoxy groups -OCH3 is 1. The summed E-state index contributed by atoms with van der Waals surface area (Å²) in [5.41, 5.74) is 6.78. The number of benzene rings is 1. The highest BCUT2D eigenvalue weighted by atomic mass is 32.1. The zero-order valence-corrected chi connectivity index (χ0v) is 11.5. The molecule has 4 nitrogen and oxygen atoms in total. The van der Waals surface area contributed by atoms with Crippen LogP contribution in [0.4, 0.5) is 5.69 Å². The summed E-state index contributed by atoms with van der Waals surface area (Å²) >= 11 is 1.69. The molecule has 2 rings (SSSR count). The molecule has 0 aliphatic heterocycles. The molecule has 100 valence electrons. The van der Waals surface area contributed by atoms with Crippen LogP contribution in [0.3, 0.4) is 0 Å². The zero-order valence-electron chi connectivity index (χ0n) is 10.7. The Hall–Kier alpha value is -2.01. The summed E-state index contributed by atoms with van der Waals surface area (Å²) in [4.78, 5) is 13.2. The minimum atomic E-state index is -0.120. The highest BCUT2D eigenvalue weighted by molar-refractivity contribution is 7.09. The standard InChI is InChI=1S/C14H16N2O2S/c1-18-13-5-4-10(9-12(13)15)14(17)16-7-6-11-3-2-8-19-11/h2-5,8-9H,6-7,15H2,1H3,(H,16,17). The quantitative estimate of drug-likeness (QED) is 0.824. The highest BCUT2D eigenvalue weighted by Gasteiger charge is 2.08. The zero-order chi connectivity index (χ0) is 13.7. The highest BCUT2D eigenvalue weighted by Crippen LogP contribution is 2.21. The van der Waals surface area contributed by atoms with E-state index >= 15 is 0 Å². The number of amides is 1. The van der Waals surface area contributed by atoms with E-state index in [-0.39, 0.29) is 5.91 Å². The third kappa shape index (κ3) is 3.48. The number of hydrogen-bond donors (Lipinski definition) is 2. The van der Waals surface area contributed by atoms with Gasteiger partial charge in [0.05, 0.1) is 12.8 Å². The summed E-state index contributed by atoms with van der Waals surface area (Å²) in [5.74, 6) is 0.459. The number of ether oxygens (including phenoxy) is 1. The average molecular weight is 276 g/mol. The molecule has 0 unspecified atom stereocenters. The largest absolute Gasteiger partial charge is 0.495 e. The number of hydrogen-bond acceptors (Lipinski definition) is 4. The number of nitrogen functional groups attached to an aromatic ring is 1. The van der Waals surface area contributed by atoms with Crippen molar-refractivity contribution in [1.29, 1.82) is 0 Å². The molecule has 0 aliphatic carbocycles. The van der Waals surface area contributed by atoms with Gasteiger partial charge in [0.25, 0.3) is 5.91 Å². The van der Waals surface area contributed by atoms with Crippen molar-refractivity contribution < 1.29 is 9.53 Å². The normalized spacial score (nSPS) is 10.2. The van der Waals surface area contributed by atoms with E-state index in [1.807, 2.05) is 11.4 Å². The van der Waals surface area contributed by atoms with E-state index < -0.39 is 0 Å². The summed E-state index contributed by atoms with van der Waals surface area (Å²) in [6, 6.07) is 9.09. The van der Waals surface area contributed by atoms with E-state index in [1.54, 1.807) is 36.6 Å². The summed E-state index contributed by atoms with van der Waals surface area (Å²) in [5, 5.41) is 4.90. The number of nitrogens with two attached hydrogens (primary N) is 1. The number of carbonyl (C=O) groups is 1. The molecule has 0 saturated heterocycles. The Kier molecular flexibility index (Phi) is 4.41. The molecule has 1 aromatic heterocycles. The van der Waals surface area contributed by atoms with Crippen molar-refractivity contribution in [2.45, 2.75) is 6.42 Å². The monoisotopic (exact) mass is 276 g/mol. The Balaban J connectivity index is 1.91. The van der Waals surface area contributed by atoms with E-state index in [0.717, 1.165) is 6.42 Å². The predicted octanol–water partition coefficient (Wildman–Crippen LogP) is 2.31.